The number of nitrogens with zero attached hydrogens (tertiary/aromatic N) is 1. The van der Waals surface area contributed by atoms with Crippen molar-refractivity contribution >= 4 is 17.5 Å². The SMILES string of the molecule is O=C(CN1CCC(C(=O)NCC2CCCCC2)CC1)Nc1ccc(F)cc1. The van der Waals surface area contributed by atoms with Crippen molar-refractivity contribution < 1.29 is 14.0 Å². The van der Waals surface area contributed by atoms with Crippen LogP contribution in [0.25, 0.3) is 0 Å². The van der Waals surface area contributed by atoms with Crippen molar-refractivity contribution in [2.45, 2.75) is 44.9 Å². The van der Waals surface area contributed by atoms with E-state index >= 15 is 0 Å². The largest absolute Gasteiger partial charge is 0.356 e. The predicted octanol–water partition coefficient (Wildman–Crippen LogP) is 3.17. The van der Waals surface area contributed by atoms with Gasteiger partial charge >= 0.3 is 0 Å². The van der Waals surface area contributed by atoms with Gasteiger partial charge in [-0.05, 0) is 69.0 Å². The molecule has 148 valence electrons. The summed E-state index contributed by atoms with van der Waals surface area (Å²) < 4.78 is 12.9. The third kappa shape index (κ3) is 6.31. The second-order valence-electron chi connectivity index (χ2n) is 7.85. The highest BCUT2D eigenvalue weighted by molar-refractivity contribution is 5.92. The lowest BCUT2D eigenvalue weighted by Gasteiger charge is -2.31. The number of rotatable bonds is 6. The molecule has 5 nitrogen and oxygen atoms in total. The minimum Gasteiger partial charge on any atom is -0.356 e. The van der Waals surface area contributed by atoms with E-state index < -0.39 is 0 Å². The number of nitrogens with one attached hydrogen (secondary N) is 2. The Balaban J connectivity index is 1.34. The molecule has 0 unspecified atom stereocenters. The summed E-state index contributed by atoms with van der Waals surface area (Å²) in [6.07, 6.45) is 7.97. The number of amides is 2. The third-order valence-electron chi connectivity index (χ3n) is 5.74. The van der Waals surface area contributed by atoms with Gasteiger partial charge in [-0.2, -0.15) is 0 Å². The van der Waals surface area contributed by atoms with Crippen molar-refractivity contribution in [2.24, 2.45) is 11.8 Å². The van der Waals surface area contributed by atoms with Gasteiger partial charge in [0, 0.05) is 18.2 Å². The molecule has 3 rings (SSSR count). The summed E-state index contributed by atoms with van der Waals surface area (Å²) in [6, 6.07) is 5.76. The van der Waals surface area contributed by atoms with Gasteiger partial charge in [0.05, 0.1) is 6.54 Å². The summed E-state index contributed by atoms with van der Waals surface area (Å²) in [5, 5.41) is 5.93. The Morgan fingerprint density at radius 1 is 1.00 bits per heavy atom. The Kier molecular flexibility index (Phi) is 7.21. The first-order chi connectivity index (χ1) is 13.1. The molecule has 6 heteroatoms. The van der Waals surface area contributed by atoms with Crippen LogP contribution in [0, 0.1) is 17.7 Å². The summed E-state index contributed by atoms with van der Waals surface area (Å²) in [5.41, 5.74) is 0.596. The van der Waals surface area contributed by atoms with E-state index in [-0.39, 0.29) is 23.5 Å². The first kappa shape index (κ1) is 19.8. The number of likely N-dealkylation sites (tertiary alicyclic amines) is 1. The van der Waals surface area contributed by atoms with Gasteiger partial charge in [-0.25, -0.2) is 4.39 Å². The van der Waals surface area contributed by atoms with Crippen molar-refractivity contribution in [1.29, 1.82) is 0 Å². The van der Waals surface area contributed by atoms with Crippen LogP contribution in [0.2, 0.25) is 0 Å². The summed E-state index contributed by atoms with van der Waals surface area (Å²) in [5.74, 6) is 0.456. The minimum atomic E-state index is -0.322. The summed E-state index contributed by atoms with van der Waals surface area (Å²) in [6.45, 7) is 2.61. The number of halogens is 1. The van der Waals surface area contributed by atoms with Crippen LogP contribution < -0.4 is 10.6 Å². The summed E-state index contributed by atoms with van der Waals surface area (Å²) in [4.78, 5) is 26.6. The highest BCUT2D eigenvalue weighted by atomic mass is 19.1. The standard InChI is InChI=1S/C21H30FN3O2/c22-18-6-8-19(9-7-18)24-20(26)15-25-12-10-17(11-13-25)21(27)23-14-16-4-2-1-3-5-16/h6-9,16-17H,1-5,10-15H2,(H,23,27)(H,24,26). The first-order valence-corrected chi connectivity index (χ1v) is 10.2. The highest BCUT2D eigenvalue weighted by Crippen LogP contribution is 2.23. The maximum Gasteiger partial charge on any atom is 0.238 e. The number of anilines is 1. The molecule has 1 aromatic carbocycles. The summed E-state index contributed by atoms with van der Waals surface area (Å²) >= 11 is 0. The Labute approximate surface area is 160 Å². The zero-order valence-corrected chi connectivity index (χ0v) is 15.9. The van der Waals surface area contributed by atoms with Crippen LogP contribution in [0.3, 0.4) is 0 Å². The second kappa shape index (κ2) is 9.83. The van der Waals surface area contributed by atoms with Gasteiger partial charge in [0.15, 0.2) is 0 Å². The van der Waals surface area contributed by atoms with Gasteiger partial charge < -0.3 is 10.6 Å². The monoisotopic (exact) mass is 375 g/mol. The number of benzene rings is 1. The first-order valence-electron chi connectivity index (χ1n) is 10.2. The molecule has 0 aromatic heterocycles. The number of hydrogen-bond acceptors (Lipinski definition) is 3. The van der Waals surface area contributed by atoms with Gasteiger partial charge in [0.1, 0.15) is 5.82 Å². The molecule has 0 bridgehead atoms. The van der Waals surface area contributed by atoms with Crippen LogP contribution >= 0.6 is 0 Å². The maximum atomic E-state index is 12.9. The molecule has 0 spiro atoms. The molecule has 1 saturated heterocycles. The van der Waals surface area contributed by atoms with E-state index in [2.05, 4.69) is 15.5 Å². The van der Waals surface area contributed by atoms with E-state index in [4.69, 9.17) is 0 Å². The zero-order valence-electron chi connectivity index (χ0n) is 15.9. The molecule has 0 atom stereocenters. The molecule has 1 aliphatic carbocycles. The van der Waals surface area contributed by atoms with E-state index in [1.54, 1.807) is 12.1 Å². The van der Waals surface area contributed by atoms with E-state index in [1.165, 1.54) is 44.2 Å². The van der Waals surface area contributed by atoms with Crippen molar-refractivity contribution in [2.75, 3.05) is 31.5 Å². The average Bonchev–Trinajstić information content (AvgIpc) is 2.69. The van der Waals surface area contributed by atoms with Crippen molar-refractivity contribution in [1.82, 2.24) is 10.2 Å². The van der Waals surface area contributed by atoms with Crippen LogP contribution in [0.4, 0.5) is 10.1 Å². The molecule has 0 radical (unpaired) electrons. The molecule has 1 heterocycles. The van der Waals surface area contributed by atoms with Gasteiger partial charge in [0.2, 0.25) is 11.8 Å². The van der Waals surface area contributed by atoms with Crippen molar-refractivity contribution in [3.8, 4) is 0 Å². The fourth-order valence-corrected chi connectivity index (χ4v) is 4.07. The molecular formula is C21H30FN3O2. The lowest BCUT2D eigenvalue weighted by Crippen LogP contribution is -2.44. The molecule has 2 aliphatic rings. The lowest BCUT2D eigenvalue weighted by atomic mass is 9.89. The molecule has 1 aromatic rings. The fraction of sp³-hybridized carbons (Fsp3) is 0.619. The van der Waals surface area contributed by atoms with E-state index in [0.29, 0.717) is 18.2 Å². The highest BCUT2D eigenvalue weighted by Gasteiger charge is 2.26. The Morgan fingerprint density at radius 3 is 2.33 bits per heavy atom. The molecule has 1 saturated carbocycles. The average molecular weight is 375 g/mol. The van der Waals surface area contributed by atoms with Crippen molar-refractivity contribution in [3.05, 3.63) is 30.1 Å². The summed E-state index contributed by atoms with van der Waals surface area (Å²) in [7, 11) is 0. The van der Waals surface area contributed by atoms with Crippen LogP contribution in [0.5, 0.6) is 0 Å². The number of carbonyl (C=O) groups excluding carboxylic acids is 2. The van der Waals surface area contributed by atoms with Crippen LogP contribution in [-0.4, -0.2) is 42.9 Å². The molecule has 2 amide bonds. The third-order valence-corrected chi connectivity index (χ3v) is 5.74. The molecule has 2 N–H and O–H groups in total. The number of piperidine rings is 1. The zero-order chi connectivity index (χ0) is 19.1. The topological polar surface area (TPSA) is 61.4 Å². The molecular weight excluding hydrogens is 345 g/mol. The van der Waals surface area contributed by atoms with Gasteiger partial charge in [-0.1, -0.05) is 19.3 Å². The lowest BCUT2D eigenvalue weighted by molar-refractivity contribution is -0.126. The Morgan fingerprint density at radius 2 is 1.67 bits per heavy atom. The number of hydrogen-bond donors (Lipinski definition) is 2. The second-order valence-corrected chi connectivity index (χ2v) is 7.85. The van der Waals surface area contributed by atoms with E-state index in [9.17, 15) is 14.0 Å². The van der Waals surface area contributed by atoms with E-state index in [0.717, 1.165) is 32.5 Å². The normalized spacial score (nSPS) is 19.6. The van der Waals surface area contributed by atoms with Gasteiger partial charge in [0.25, 0.3) is 0 Å². The van der Waals surface area contributed by atoms with Crippen LogP contribution in [-0.2, 0) is 9.59 Å². The van der Waals surface area contributed by atoms with E-state index in [1.807, 2.05) is 0 Å². The Bertz CT molecular complexity index is 621. The quantitative estimate of drug-likeness (QED) is 0.803. The maximum absolute atomic E-state index is 12.9. The smallest absolute Gasteiger partial charge is 0.238 e. The van der Waals surface area contributed by atoms with Crippen LogP contribution in [0.1, 0.15) is 44.9 Å². The number of carbonyl (C=O) groups is 2. The Hall–Kier alpha value is -1.95. The van der Waals surface area contributed by atoms with Gasteiger partial charge in [-0.3, -0.25) is 14.5 Å². The molecule has 2 fully saturated rings. The predicted molar refractivity (Wildman–Crippen MR) is 104 cm³/mol. The van der Waals surface area contributed by atoms with Crippen LogP contribution in [0.15, 0.2) is 24.3 Å². The fourth-order valence-electron chi connectivity index (χ4n) is 4.07. The van der Waals surface area contributed by atoms with Gasteiger partial charge in [-0.15, -0.1) is 0 Å². The van der Waals surface area contributed by atoms with Crippen molar-refractivity contribution in [3.63, 3.8) is 0 Å². The molecule has 27 heavy (non-hydrogen) atoms. The minimum absolute atomic E-state index is 0.0602. The molecule has 1 aliphatic heterocycles.